The minimum atomic E-state index is 0.239. The van der Waals surface area contributed by atoms with Crippen molar-refractivity contribution in [1.29, 1.82) is 0 Å². The summed E-state index contributed by atoms with van der Waals surface area (Å²) in [4.78, 5) is 7.19. The third kappa shape index (κ3) is 3.72. The van der Waals surface area contributed by atoms with Crippen molar-refractivity contribution in [2.75, 3.05) is 11.4 Å². The van der Waals surface area contributed by atoms with Gasteiger partial charge in [0.25, 0.3) is 0 Å². The largest absolute Gasteiger partial charge is 0.354 e. The van der Waals surface area contributed by atoms with E-state index in [4.69, 9.17) is 5.73 Å². The standard InChI is InChI=1S/C17H29N3/c1-3-15(18)13-14-9-8-12-19-17(14)20(4-2)16-10-6-5-7-11-16/h8-9,12,15-16H,3-7,10-11,13,18H2,1-2H3. The van der Waals surface area contributed by atoms with Crippen molar-refractivity contribution >= 4 is 5.82 Å². The molecule has 20 heavy (non-hydrogen) atoms. The van der Waals surface area contributed by atoms with Crippen molar-refractivity contribution in [3.8, 4) is 0 Å². The van der Waals surface area contributed by atoms with Crippen LogP contribution in [-0.4, -0.2) is 23.6 Å². The van der Waals surface area contributed by atoms with Gasteiger partial charge in [-0.05, 0) is 44.2 Å². The number of nitrogens with two attached hydrogens (primary N) is 1. The van der Waals surface area contributed by atoms with Crippen molar-refractivity contribution in [2.24, 2.45) is 5.73 Å². The summed E-state index contributed by atoms with van der Waals surface area (Å²) in [6, 6.07) is 5.14. The van der Waals surface area contributed by atoms with Crippen LogP contribution < -0.4 is 10.6 Å². The van der Waals surface area contributed by atoms with E-state index in [0.717, 1.165) is 19.4 Å². The zero-order chi connectivity index (χ0) is 14.4. The Balaban J connectivity index is 2.19. The predicted molar refractivity (Wildman–Crippen MR) is 86.1 cm³/mol. The Labute approximate surface area is 123 Å². The van der Waals surface area contributed by atoms with E-state index in [1.54, 1.807) is 0 Å². The van der Waals surface area contributed by atoms with Crippen LogP contribution in [0.25, 0.3) is 0 Å². The minimum absolute atomic E-state index is 0.239. The highest BCUT2D eigenvalue weighted by Gasteiger charge is 2.23. The zero-order valence-electron chi connectivity index (χ0n) is 13.0. The topological polar surface area (TPSA) is 42.1 Å². The smallest absolute Gasteiger partial charge is 0.131 e. The van der Waals surface area contributed by atoms with Crippen molar-refractivity contribution < 1.29 is 0 Å². The van der Waals surface area contributed by atoms with Crippen LogP contribution in [-0.2, 0) is 6.42 Å². The third-order valence-electron chi connectivity index (χ3n) is 4.50. The summed E-state index contributed by atoms with van der Waals surface area (Å²) in [5, 5.41) is 0. The van der Waals surface area contributed by atoms with E-state index in [1.807, 2.05) is 12.3 Å². The van der Waals surface area contributed by atoms with Crippen molar-refractivity contribution in [3.63, 3.8) is 0 Å². The molecule has 0 aromatic carbocycles. The zero-order valence-corrected chi connectivity index (χ0v) is 13.0. The molecule has 0 aliphatic heterocycles. The molecule has 1 unspecified atom stereocenters. The number of aromatic nitrogens is 1. The van der Waals surface area contributed by atoms with Crippen LogP contribution in [0.3, 0.4) is 0 Å². The molecule has 1 fully saturated rings. The summed E-state index contributed by atoms with van der Waals surface area (Å²) >= 11 is 0. The SMILES string of the molecule is CCC(N)Cc1cccnc1N(CC)C1CCCCC1. The fraction of sp³-hybridized carbons (Fsp3) is 0.706. The van der Waals surface area contributed by atoms with E-state index in [1.165, 1.54) is 43.5 Å². The van der Waals surface area contributed by atoms with Gasteiger partial charge in [0.05, 0.1) is 0 Å². The molecule has 1 heterocycles. The number of hydrogen-bond acceptors (Lipinski definition) is 3. The summed E-state index contributed by atoms with van der Waals surface area (Å²) in [5.41, 5.74) is 7.46. The van der Waals surface area contributed by atoms with Gasteiger partial charge in [0.15, 0.2) is 0 Å². The fourth-order valence-corrected chi connectivity index (χ4v) is 3.25. The molecule has 0 saturated heterocycles. The minimum Gasteiger partial charge on any atom is -0.354 e. The van der Waals surface area contributed by atoms with E-state index in [2.05, 4.69) is 29.8 Å². The number of anilines is 1. The van der Waals surface area contributed by atoms with Gasteiger partial charge in [-0.3, -0.25) is 0 Å². The Morgan fingerprint density at radius 2 is 2.05 bits per heavy atom. The Hall–Kier alpha value is -1.09. The normalized spacial score (nSPS) is 17.9. The van der Waals surface area contributed by atoms with Gasteiger partial charge >= 0.3 is 0 Å². The first-order valence-corrected chi connectivity index (χ1v) is 8.22. The number of hydrogen-bond donors (Lipinski definition) is 1. The van der Waals surface area contributed by atoms with Crippen LogP contribution in [0.4, 0.5) is 5.82 Å². The van der Waals surface area contributed by atoms with Gasteiger partial charge in [0.2, 0.25) is 0 Å². The summed E-state index contributed by atoms with van der Waals surface area (Å²) in [5.74, 6) is 1.17. The van der Waals surface area contributed by atoms with Crippen LogP contribution in [0.1, 0.15) is 57.9 Å². The van der Waals surface area contributed by atoms with E-state index in [-0.39, 0.29) is 6.04 Å². The molecule has 0 amide bonds. The van der Waals surface area contributed by atoms with Crippen molar-refractivity contribution in [2.45, 2.75) is 70.9 Å². The number of rotatable bonds is 6. The van der Waals surface area contributed by atoms with Gasteiger partial charge in [-0.15, -0.1) is 0 Å². The molecule has 2 rings (SSSR count). The second kappa shape index (κ2) is 7.63. The Morgan fingerprint density at radius 1 is 1.30 bits per heavy atom. The van der Waals surface area contributed by atoms with Crippen molar-refractivity contribution in [3.05, 3.63) is 23.9 Å². The van der Waals surface area contributed by atoms with E-state index in [0.29, 0.717) is 6.04 Å². The summed E-state index contributed by atoms with van der Waals surface area (Å²) in [6.45, 7) is 5.43. The molecule has 0 spiro atoms. The van der Waals surface area contributed by atoms with Gasteiger partial charge in [0.1, 0.15) is 5.82 Å². The maximum atomic E-state index is 6.15. The van der Waals surface area contributed by atoms with Crippen LogP contribution in [0.15, 0.2) is 18.3 Å². The molecule has 112 valence electrons. The summed E-state index contributed by atoms with van der Waals surface area (Å²) < 4.78 is 0. The first kappa shape index (κ1) is 15.3. The molecule has 1 aliphatic rings. The lowest BCUT2D eigenvalue weighted by Gasteiger charge is -2.35. The maximum absolute atomic E-state index is 6.15. The van der Waals surface area contributed by atoms with Gasteiger partial charge < -0.3 is 10.6 Å². The average molecular weight is 275 g/mol. The molecular formula is C17H29N3. The van der Waals surface area contributed by atoms with Crippen LogP contribution in [0, 0.1) is 0 Å². The van der Waals surface area contributed by atoms with Crippen LogP contribution >= 0.6 is 0 Å². The summed E-state index contributed by atoms with van der Waals surface area (Å²) in [6.07, 6.45) is 10.6. The fourth-order valence-electron chi connectivity index (χ4n) is 3.25. The molecule has 3 heteroatoms. The van der Waals surface area contributed by atoms with E-state index >= 15 is 0 Å². The van der Waals surface area contributed by atoms with Crippen molar-refractivity contribution in [1.82, 2.24) is 4.98 Å². The second-order valence-electron chi connectivity index (χ2n) is 5.94. The average Bonchev–Trinajstić information content (AvgIpc) is 2.50. The first-order chi connectivity index (χ1) is 9.76. The van der Waals surface area contributed by atoms with E-state index < -0.39 is 0 Å². The third-order valence-corrected chi connectivity index (χ3v) is 4.50. The van der Waals surface area contributed by atoms with E-state index in [9.17, 15) is 0 Å². The molecule has 1 aromatic heterocycles. The van der Waals surface area contributed by atoms with Gasteiger partial charge in [0, 0.05) is 24.8 Å². The van der Waals surface area contributed by atoms with Gasteiger partial charge in [-0.2, -0.15) is 0 Å². The Bertz CT molecular complexity index is 399. The van der Waals surface area contributed by atoms with Crippen LogP contribution in [0.2, 0.25) is 0 Å². The first-order valence-electron chi connectivity index (χ1n) is 8.22. The maximum Gasteiger partial charge on any atom is 0.131 e. The Morgan fingerprint density at radius 3 is 2.70 bits per heavy atom. The quantitative estimate of drug-likeness (QED) is 0.863. The lowest BCUT2D eigenvalue weighted by molar-refractivity contribution is 0.415. The molecule has 0 bridgehead atoms. The molecule has 0 radical (unpaired) electrons. The molecular weight excluding hydrogens is 246 g/mol. The predicted octanol–water partition coefficient (Wildman–Crippen LogP) is 3.52. The highest BCUT2D eigenvalue weighted by atomic mass is 15.2. The number of pyridine rings is 1. The molecule has 1 atom stereocenters. The second-order valence-corrected chi connectivity index (χ2v) is 5.94. The molecule has 2 N–H and O–H groups in total. The highest BCUT2D eigenvalue weighted by Crippen LogP contribution is 2.28. The lowest BCUT2D eigenvalue weighted by Crippen LogP contribution is -2.38. The van der Waals surface area contributed by atoms with Gasteiger partial charge in [-0.25, -0.2) is 4.98 Å². The monoisotopic (exact) mass is 275 g/mol. The number of nitrogens with zero attached hydrogens (tertiary/aromatic N) is 2. The van der Waals surface area contributed by atoms with Gasteiger partial charge in [-0.1, -0.05) is 32.3 Å². The van der Waals surface area contributed by atoms with Crippen LogP contribution in [0.5, 0.6) is 0 Å². The highest BCUT2D eigenvalue weighted by molar-refractivity contribution is 5.48. The lowest BCUT2D eigenvalue weighted by atomic mass is 9.93. The summed E-state index contributed by atoms with van der Waals surface area (Å²) in [7, 11) is 0. The molecule has 3 nitrogen and oxygen atoms in total. The Kier molecular flexibility index (Phi) is 5.84. The molecule has 1 saturated carbocycles. The molecule has 1 aromatic rings. The molecule has 1 aliphatic carbocycles.